The predicted molar refractivity (Wildman–Crippen MR) is 79.1 cm³/mol. The Kier molecular flexibility index (Phi) is 4.46. The molecule has 1 amide bonds. The summed E-state index contributed by atoms with van der Waals surface area (Å²) in [6, 6.07) is 10.2. The highest BCUT2D eigenvalue weighted by atomic mass is 16.1. The Balaban J connectivity index is 1.70. The first-order valence-electron chi connectivity index (χ1n) is 7.13. The van der Waals surface area contributed by atoms with Crippen molar-refractivity contribution in [3.63, 3.8) is 0 Å². The average Bonchev–Trinajstić information content (AvgIpc) is 2.40. The molecule has 1 aliphatic rings. The summed E-state index contributed by atoms with van der Waals surface area (Å²) in [5, 5.41) is 6.26. The van der Waals surface area contributed by atoms with Gasteiger partial charge in [-0.05, 0) is 43.2 Å². The summed E-state index contributed by atoms with van der Waals surface area (Å²) in [5.41, 5.74) is 1.44. The van der Waals surface area contributed by atoms with E-state index in [4.69, 9.17) is 0 Å². The van der Waals surface area contributed by atoms with Crippen molar-refractivity contribution in [3.8, 4) is 0 Å². The van der Waals surface area contributed by atoms with E-state index < -0.39 is 0 Å². The molecular formula is C16H24N2O. The van der Waals surface area contributed by atoms with Crippen molar-refractivity contribution in [2.24, 2.45) is 5.41 Å². The fraction of sp³-hybridized carbons (Fsp3) is 0.562. The van der Waals surface area contributed by atoms with Crippen LogP contribution in [0.2, 0.25) is 0 Å². The van der Waals surface area contributed by atoms with E-state index in [1.54, 1.807) is 0 Å². The molecule has 1 saturated carbocycles. The zero-order valence-electron chi connectivity index (χ0n) is 11.9. The Morgan fingerprint density at radius 1 is 1.21 bits per heavy atom. The highest BCUT2D eigenvalue weighted by molar-refractivity contribution is 5.80. The van der Waals surface area contributed by atoms with Gasteiger partial charge < -0.3 is 10.6 Å². The van der Waals surface area contributed by atoms with Crippen LogP contribution in [0.1, 0.15) is 39.5 Å². The van der Waals surface area contributed by atoms with Crippen LogP contribution in [-0.2, 0) is 4.79 Å². The molecule has 0 heterocycles. The number of benzene rings is 1. The topological polar surface area (TPSA) is 41.1 Å². The van der Waals surface area contributed by atoms with E-state index in [1.807, 2.05) is 30.3 Å². The van der Waals surface area contributed by atoms with Crippen molar-refractivity contribution in [2.75, 3.05) is 11.9 Å². The summed E-state index contributed by atoms with van der Waals surface area (Å²) in [7, 11) is 0. The molecule has 0 saturated heterocycles. The number of hydrogen-bond donors (Lipinski definition) is 2. The van der Waals surface area contributed by atoms with Crippen molar-refractivity contribution in [1.82, 2.24) is 5.32 Å². The zero-order valence-corrected chi connectivity index (χ0v) is 11.9. The van der Waals surface area contributed by atoms with Crippen molar-refractivity contribution in [1.29, 1.82) is 0 Å². The molecule has 3 nitrogen and oxygen atoms in total. The first-order chi connectivity index (χ1) is 9.05. The third-order valence-corrected chi connectivity index (χ3v) is 3.93. The Morgan fingerprint density at radius 2 is 1.84 bits per heavy atom. The molecule has 0 aliphatic heterocycles. The van der Waals surface area contributed by atoms with Gasteiger partial charge in [-0.1, -0.05) is 32.0 Å². The largest absolute Gasteiger partial charge is 0.376 e. The second-order valence-corrected chi connectivity index (χ2v) is 6.23. The van der Waals surface area contributed by atoms with Gasteiger partial charge in [-0.25, -0.2) is 0 Å². The minimum absolute atomic E-state index is 0.0913. The average molecular weight is 260 g/mol. The second kappa shape index (κ2) is 6.09. The molecule has 0 radical (unpaired) electrons. The molecule has 0 spiro atoms. The highest BCUT2D eigenvalue weighted by Gasteiger charge is 2.27. The molecule has 0 atom stereocenters. The summed E-state index contributed by atoms with van der Waals surface area (Å²) < 4.78 is 0. The number of hydrogen-bond acceptors (Lipinski definition) is 2. The quantitative estimate of drug-likeness (QED) is 0.873. The lowest BCUT2D eigenvalue weighted by atomic mass is 9.75. The molecule has 2 N–H and O–H groups in total. The lowest BCUT2D eigenvalue weighted by Gasteiger charge is -2.34. The molecule has 0 unspecified atom stereocenters. The van der Waals surface area contributed by atoms with Crippen molar-refractivity contribution < 1.29 is 4.79 Å². The summed E-state index contributed by atoms with van der Waals surface area (Å²) in [5.74, 6) is 0.0913. The van der Waals surface area contributed by atoms with E-state index in [0.29, 0.717) is 18.0 Å². The molecule has 19 heavy (non-hydrogen) atoms. The first kappa shape index (κ1) is 13.9. The third-order valence-electron chi connectivity index (χ3n) is 3.93. The van der Waals surface area contributed by atoms with Crippen molar-refractivity contribution in [3.05, 3.63) is 30.3 Å². The van der Waals surface area contributed by atoms with Crippen LogP contribution in [0.3, 0.4) is 0 Å². The minimum atomic E-state index is 0.0913. The third kappa shape index (κ3) is 4.58. The number of carbonyl (C=O) groups is 1. The highest BCUT2D eigenvalue weighted by Crippen LogP contribution is 2.34. The molecular weight excluding hydrogens is 236 g/mol. The fourth-order valence-electron chi connectivity index (χ4n) is 2.56. The zero-order chi connectivity index (χ0) is 13.7. The Labute approximate surface area is 115 Å². The fourth-order valence-corrected chi connectivity index (χ4v) is 2.56. The maximum Gasteiger partial charge on any atom is 0.239 e. The van der Waals surface area contributed by atoms with Gasteiger partial charge in [0.2, 0.25) is 5.91 Å². The van der Waals surface area contributed by atoms with Gasteiger partial charge in [0.25, 0.3) is 0 Å². The summed E-state index contributed by atoms with van der Waals surface area (Å²) in [6.07, 6.45) is 4.60. The van der Waals surface area contributed by atoms with E-state index in [0.717, 1.165) is 18.5 Å². The number of anilines is 1. The standard InChI is InChI=1S/C16H24N2O/c1-16(2)10-8-14(9-11-16)18-15(19)12-17-13-6-4-3-5-7-13/h3-7,14,17H,8-12H2,1-2H3,(H,18,19). The minimum Gasteiger partial charge on any atom is -0.376 e. The Morgan fingerprint density at radius 3 is 2.47 bits per heavy atom. The van der Waals surface area contributed by atoms with E-state index in [9.17, 15) is 4.79 Å². The number of rotatable bonds is 4. The molecule has 104 valence electrons. The van der Waals surface area contributed by atoms with Crippen LogP contribution in [-0.4, -0.2) is 18.5 Å². The van der Waals surface area contributed by atoms with E-state index in [-0.39, 0.29) is 5.91 Å². The van der Waals surface area contributed by atoms with Crippen LogP contribution in [0, 0.1) is 5.41 Å². The van der Waals surface area contributed by atoms with Gasteiger partial charge in [-0.3, -0.25) is 4.79 Å². The first-order valence-corrected chi connectivity index (χ1v) is 7.13. The second-order valence-electron chi connectivity index (χ2n) is 6.23. The number of amides is 1. The van der Waals surface area contributed by atoms with E-state index in [1.165, 1.54) is 12.8 Å². The molecule has 1 aromatic rings. The predicted octanol–water partition coefficient (Wildman–Crippen LogP) is 3.18. The van der Waals surface area contributed by atoms with Crippen LogP contribution >= 0.6 is 0 Å². The maximum absolute atomic E-state index is 11.9. The number of carbonyl (C=O) groups excluding carboxylic acids is 1. The molecule has 1 aromatic carbocycles. The summed E-state index contributed by atoms with van der Waals surface area (Å²) in [6.45, 7) is 4.97. The van der Waals surface area contributed by atoms with Crippen molar-refractivity contribution in [2.45, 2.75) is 45.6 Å². The van der Waals surface area contributed by atoms with Crippen LogP contribution in [0.5, 0.6) is 0 Å². The van der Waals surface area contributed by atoms with Crippen molar-refractivity contribution >= 4 is 11.6 Å². The lowest BCUT2D eigenvalue weighted by Crippen LogP contribution is -2.41. The smallest absolute Gasteiger partial charge is 0.239 e. The van der Waals surface area contributed by atoms with Crippen LogP contribution < -0.4 is 10.6 Å². The Hall–Kier alpha value is -1.51. The number of para-hydroxylation sites is 1. The van der Waals surface area contributed by atoms with E-state index >= 15 is 0 Å². The van der Waals surface area contributed by atoms with E-state index in [2.05, 4.69) is 24.5 Å². The molecule has 0 bridgehead atoms. The Bertz CT molecular complexity index is 404. The van der Waals surface area contributed by atoms with Crippen LogP contribution in [0.25, 0.3) is 0 Å². The van der Waals surface area contributed by atoms with Gasteiger partial charge in [-0.15, -0.1) is 0 Å². The molecule has 1 aliphatic carbocycles. The molecule has 3 heteroatoms. The molecule has 0 aromatic heterocycles. The molecule has 1 fully saturated rings. The normalized spacial score (nSPS) is 18.8. The lowest BCUT2D eigenvalue weighted by molar-refractivity contribution is -0.120. The van der Waals surface area contributed by atoms with Gasteiger partial charge in [0.15, 0.2) is 0 Å². The SMILES string of the molecule is CC1(C)CCC(NC(=O)CNc2ccccc2)CC1. The van der Waals surface area contributed by atoms with Crippen LogP contribution in [0.4, 0.5) is 5.69 Å². The van der Waals surface area contributed by atoms with Gasteiger partial charge in [-0.2, -0.15) is 0 Å². The monoisotopic (exact) mass is 260 g/mol. The number of nitrogens with one attached hydrogen (secondary N) is 2. The summed E-state index contributed by atoms with van der Waals surface area (Å²) in [4.78, 5) is 11.9. The maximum atomic E-state index is 11.9. The van der Waals surface area contributed by atoms with Crippen LogP contribution in [0.15, 0.2) is 30.3 Å². The molecule has 2 rings (SSSR count). The van der Waals surface area contributed by atoms with Gasteiger partial charge in [0.1, 0.15) is 0 Å². The van der Waals surface area contributed by atoms with Gasteiger partial charge in [0, 0.05) is 11.7 Å². The van der Waals surface area contributed by atoms with Gasteiger partial charge in [0.05, 0.1) is 6.54 Å². The van der Waals surface area contributed by atoms with Gasteiger partial charge >= 0.3 is 0 Å². The summed E-state index contributed by atoms with van der Waals surface area (Å²) >= 11 is 0.